The van der Waals surface area contributed by atoms with Crippen LogP contribution in [0.25, 0.3) is 0 Å². The van der Waals surface area contributed by atoms with Crippen LogP contribution in [0.5, 0.6) is 0 Å². The van der Waals surface area contributed by atoms with Gasteiger partial charge >= 0.3 is 0 Å². The molecule has 1 unspecified atom stereocenters. The van der Waals surface area contributed by atoms with Gasteiger partial charge in [0.05, 0.1) is 0 Å². The first-order valence-electron chi connectivity index (χ1n) is 8.49. The first kappa shape index (κ1) is 18.2. The van der Waals surface area contributed by atoms with E-state index in [4.69, 9.17) is 0 Å². The lowest BCUT2D eigenvalue weighted by Crippen LogP contribution is -2.43. The van der Waals surface area contributed by atoms with Crippen LogP contribution in [-0.4, -0.2) is 5.54 Å². The van der Waals surface area contributed by atoms with E-state index in [0.717, 1.165) is 0 Å². The second kappa shape index (κ2) is 7.45. The molecule has 1 atom stereocenters. The molecule has 1 N–H and O–H groups in total. The molecule has 0 amide bonds. The molecule has 0 heterocycles. The highest BCUT2D eigenvalue weighted by atomic mass is 15.0. The molecule has 0 aliphatic carbocycles. The lowest BCUT2D eigenvalue weighted by Gasteiger charge is -2.36. The maximum absolute atomic E-state index is 3.79. The SMILES string of the molecule is CCCCc1ccc(C(C)NC(C)(C)CC(C)(C)C)cc1. The maximum Gasteiger partial charge on any atom is 0.0296 e. The number of rotatable bonds is 7. The van der Waals surface area contributed by atoms with Crippen molar-refractivity contribution in [1.29, 1.82) is 0 Å². The summed E-state index contributed by atoms with van der Waals surface area (Å²) in [6.45, 7) is 16.1. The van der Waals surface area contributed by atoms with Crippen LogP contribution in [0.3, 0.4) is 0 Å². The minimum absolute atomic E-state index is 0.151. The van der Waals surface area contributed by atoms with E-state index >= 15 is 0 Å². The Balaban J connectivity index is 2.64. The van der Waals surface area contributed by atoms with Gasteiger partial charge in [0.15, 0.2) is 0 Å². The Kier molecular flexibility index (Phi) is 6.46. The number of unbranched alkanes of at least 4 members (excludes halogenated alkanes) is 1. The number of hydrogen-bond donors (Lipinski definition) is 1. The highest BCUT2D eigenvalue weighted by molar-refractivity contribution is 5.25. The van der Waals surface area contributed by atoms with Gasteiger partial charge in [0, 0.05) is 11.6 Å². The molecule has 0 aliphatic rings. The average molecular weight is 290 g/mol. The Labute approximate surface area is 132 Å². The van der Waals surface area contributed by atoms with Gasteiger partial charge < -0.3 is 5.32 Å². The van der Waals surface area contributed by atoms with Gasteiger partial charge in [-0.05, 0) is 56.6 Å². The van der Waals surface area contributed by atoms with E-state index in [1.54, 1.807) is 0 Å². The topological polar surface area (TPSA) is 12.0 Å². The summed E-state index contributed by atoms with van der Waals surface area (Å²) in [5.41, 5.74) is 3.35. The smallest absolute Gasteiger partial charge is 0.0296 e. The quantitative estimate of drug-likeness (QED) is 0.659. The van der Waals surface area contributed by atoms with Crippen molar-refractivity contribution in [2.45, 2.75) is 85.7 Å². The summed E-state index contributed by atoms with van der Waals surface area (Å²) >= 11 is 0. The summed E-state index contributed by atoms with van der Waals surface area (Å²) in [7, 11) is 0. The van der Waals surface area contributed by atoms with Crippen LogP contribution in [0, 0.1) is 5.41 Å². The van der Waals surface area contributed by atoms with Crippen molar-refractivity contribution in [2.24, 2.45) is 5.41 Å². The minimum Gasteiger partial charge on any atom is -0.305 e. The van der Waals surface area contributed by atoms with Crippen LogP contribution in [0.4, 0.5) is 0 Å². The van der Waals surface area contributed by atoms with Crippen molar-refractivity contribution in [1.82, 2.24) is 5.32 Å². The fraction of sp³-hybridized carbons (Fsp3) is 0.700. The molecule has 1 aromatic rings. The largest absolute Gasteiger partial charge is 0.305 e. The first-order valence-corrected chi connectivity index (χ1v) is 8.49. The van der Waals surface area contributed by atoms with E-state index in [0.29, 0.717) is 11.5 Å². The van der Waals surface area contributed by atoms with Crippen LogP contribution in [0.1, 0.15) is 84.9 Å². The third-order valence-electron chi connectivity index (χ3n) is 3.88. The van der Waals surface area contributed by atoms with Crippen LogP contribution in [0.15, 0.2) is 24.3 Å². The van der Waals surface area contributed by atoms with Crippen molar-refractivity contribution in [2.75, 3.05) is 0 Å². The summed E-state index contributed by atoms with van der Waals surface area (Å²) in [6.07, 6.45) is 4.92. The fourth-order valence-electron chi connectivity index (χ4n) is 3.40. The standard InChI is InChI=1S/C20H35N/c1-8-9-10-17-11-13-18(14-12-17)16(2)21-20(6,7)15-19(3,4)5/h11-14,16,21H,8-10,15H2,1-7H3. The minimum atomic E-state index is 0.151. The Bertz CT molecular complexity index is 408. The zero-order chi connectivity index (χ0) is 16.1. The van der Waals surface area contributed by atoms with E-state index in [2.05, 4.69) is 78.0 Å². The molecule has 0 radical (unpaired) electrons. The molecular formula is C20H35N. The Morgan fingerprint density at radius 3 is 2.05 bits per heavy atom. The van der Waals surface area contributed by atoms with Crippen molar-refractivity contribution in [3.05, 3.63) is 35.4 Å². The number of aryl methyl sites for hydroxylation is 1. The second-order valence-corrected chi connectivity index (χ2v) is 8.33. The lowest BCUT2D eigenvalue weighted by molar-refractivity contribution is 0.227. The van der Waals surface area contributed by atoms with Crippen molar-refractivity contribution in [3.63, 3.8) is 0 Å². The second-order valence-electron chi connectivity index (χ2n) is 8.33. The summed E-state index contributed by atoms with van der Waals surface area (Å²) in [6, 6.07) is 9.55. The zero-order valence-corrected chi connectivity index (χ0v) is 15.2. The van der Waals surface area contributed by atoms with Crippen LogP contribution in [-0.2, 0) is 6.42 Å². The fourth-order valence-corrected chi connectivity index (χ4v) is 3.40. The van der Waals surface area contributed by atoms with E-state index < -0.39 is 0 Å². The molecule has 0 aromatic heterocycles. The first-order chi connectivity index (χ1) is 9.63. The van der Waals surface area contributed by atoms with Gasteiger partial charge in [0.2, 0.25) is 0 Å². The third-order valence-corrected chi connectivity index (χ3v) is 3.88. The Morgan fingerprint density at radius 2 is 1.57 bits per heavy atom. The molecule has 0 bridgehead atoms. The number of benzene rings is 1. The molecule has 1 aromatic carbocycles. The van der Waals surface area contributed by atoms with Gasteiger partial charge in [0.25, 0.3) is 0 Å². The van der Waals surface area contributed by atoms with Crippen molar-refractivity contribution in [3.8, 4) is 0 Å². The van der Waals surface area contributed by atoms with E-state index in [-0.39, 0.29) is 5.54 Å². The predicted molar refractivity (Wildman–Crippen MR) is 94.8 cm³/mol. The molecule has 120 valence electrons. The number of hydrogen-bond acceptors (Lipinski definition) is 1. The summed E-state index contributed by atoms with van der Waals surface area (Å²) in [4.78, 5) is 0. The van der Waals surface area contributed by atoms with Gasteiger partial charge in [-0.15, -0.1) is 0 Å². The van der Waals surface area contributed by atoms with Gasteiger partial charge in [-0.25, -0.2) is 0 Å². The normalized spacial score (nSPS) is 14.2. The highest BCUT2D eigenvalue weighted by Crippen LogP contribution is 2.29. The molecule has 21 heavy (non-hydrogen) atoms. The van der Waals surface area contributed by atoms with Gasteiger partial charge in [0.1, 0.15) is 0 Å². The third kappa shape index (κ3) is 7.13. The molecule has 1 nitrogen and oxygen atoms in total. The van der Waals surface area contributed by atoms with Crippen molar-refractivity contribution < 1.29 is 0 Å². The highest BCUT2D eigenvalue weighted by Gasteiger charge is 2.26. The summed E-state index contributed by atoms with van der Waals surface area (Å²) < 4.78 is 0. The summed E-state index contributed by atoms with van der Waals surface area (Å²) in [5.74, 6) is 0. The van der Waals surface area contributed by atoms with Crippen LogP contribution >= 0.6 is 0 Å². The molecule has 0 aliphatic heterocycles. The maximum atomic E-state index is 3.79. The van der Waals surface area contributed by atoms with E-state index in [1.165, 1.54) is 36.8 Å². The van der Waals surface area contributed by atoms with Crippen molar-refractivity contribution >= 4 is 0 Å². The van der Waals surface area contributed by atoms with Gasteiger partial charge in [-0.3, -0.25) is 0 Å². The molecule has 1 rings (SSSR count). The molecular weight excluding hydrogens is 254 g/mol. The Hall–Kier alpha value is -0.820. The van der Waals surface area contributed by atoms with Crippen LogP contribution < -0.4 is 5.32 Å². The molecule has 0 spiro atoms. The molecule has 0 saturated carbocycles. The molecule has 1 heteroatoms. The molecule has 0 fully saturated rings. The summed E-state index contributed by atoms with van der Waals surface area (Å²) in [5, 5.41) is 3.79. The van der Waals surface area contributed by atoms with Gasteiger partial charge in [-0.2, -0.15) is 0 Å². The van der Waals surface area contributed by atoms with Gasteiger partial charge in [-0.1, -0.05) is 58.4 Å². The van der Waals surface area contributed by atoms with Crippen LogP contribution in [0.2, 0.25) is 0 Å². The Morgan fingerprint density at radius 1 is 1.00 bits per heavy atom. The lowest BCUT2D eigenvalue weighted by atomic mass is 9.81. The monoisotopic (exact) mass is 289 g/mol. The predicted octanol–water partition coefficient (Wildman–Crippen LogP) is 5.89. The molecule has 0 saturated heterocycles. The van der Waals surface area contributed by atoms with E-state index in [1.807, 2.05) is 0 Å². The number of nitrogens with one attached hydrogen (secondary N) is 1. The average Bonchev–Trinajstić information content (AvgIpc) is 2.33. The van der Waals surface area contributed by atoms with E-state index in [9.17, 15) is 0 Å². The zero-order valence-electron chi connectivity index (χ0n) is 15.2.